The third-order valence-electron chi connectivity index (χ3n) is 2.65. The van der Waals surface area contributed by atoms with E-state index in [1.165, 1.54) is 4.88 Å². The number of hydrogen-bond acceptors (Lipinski definition) is 3. The summed E-state index contributed by atoms with van der Waals surface area (Å²) in [6.07, 6.45) is 0. The van der Waals surface area contributed by atoms with Gasteiger partial charge in [0.1, 0.15) is 0 Å². The second-order valence-electron chi connectivity index (χ2n) is 4.16. The summed E-state index contributed by atoms with van der Waals surface area (Å²) in [7, 11) is 0. The third-order valence-corrected chi connectivity index (χ3v) is 4.68. The molecule has 5 heteroatoms. The highest BCUT2D eigenvalue weighted by Crippen LogP contribution is 2.28. The largest absolute Gasteiger partial charge is 0.376 e. The Morgan fingerprint density at radius 1 is 1.39 bits per heavy atom. The van der Waals surface area contributed by atoms with Gasteiger partial charge in [-0.2, -0.15) is 0 Å². The van der Waals surface area contributed by atoms with Gasteiger partial charge in [-0.3, -0.25) is 0 Å². The fourth-order valence-corrected chi connectivity index (χ4v) is 3.80. The molecule has 1 aromatic carbocycles. The Kier molecular flexibility index (Phi) is 4.50. The molecule has 1 aromatic heterocycles. The van der Waals surface area contributed by atoms with Crippen LogP contribution < -0.4 is 5.32 Å². The van der Waals surface area contributed by atoms with Gasteiger partial charge in [0, 0.05) is 19.2 Å². The predicted octanol–water partition coefficient (Wildman–Crippen LogP) is 5.19. The second kappa shape index (κ2) is 5.75. The summed E-state index contributed by atoms with van der Waals surface area (Å²) in [6, 6.07) is 6.06. The van der Waals surface area contributed by atoms with Gasteiger partial charge in [-0.1, -0.05) is 11.6 Å². The number of anilines is 1. The molecule has 0 aliphatic rings. The van der Waals surface area contributed by atoms with Crippen LogP contribution in [0.2, 0.25) is 5.02 Å². The zero-order valence-corrected chi connectivity index (χ0v) is 14.2. The van der Waals surface area contributed by atoms with Crippen LogP contribution in [0.5, 0.6) is 0 Å². The highest BCUT2D eigenvalue weighted by atomic mass is 127. The molecule has 1 unspecified atom stereocenters. The predicted molar refractivity (Wildman–Crippen MR) is 87.8 cm³/mol. The smallest absolute Gasteiger partial charge is 0.0901 e. The molecule has 0 spiro atoms. The molecule has 96 valence electrons. The van der Waals surface area contributed by atoms with Crippen LogP contribution in [-0.4, -0.2) is 4.98 Å². The lowest BCUT2D eigenvalue weighted by Crippen LogP contribution is -2.09. The Bertz CT molecular complexity index is 568. The van der Waals surface area contributed by atoms with E-state index in [0.29, 0.717) is 0 Å². The van der Waals surface area contributed by atoms with Gasteiger partial charge in [0.2, 0.25) is 0 Å². The minimum atomic E-state index is 0.199. The molecular formula is C13H14ClIN2S. The van der Waals surface area contributed by atoms with Crippen molar-refractivity contribution in [3.8, 4) is 0 Å². The lowest BCUT2D eigenvalue weighted by Gasteiger charge is -2.15. The molecule has 0 aliphatic heterocycles. The monoisotopic (exact) mass is 392 g/mol. The lowest BCUT2D eigenvalue weighted by molar-refractivity contribution is 0.836. The highest BCUT2D eigenvalue weighted by Gasteiger charge is 2.14. The number of aromatic nitrogens is 1. The molecule has 0 saturated heterocycles. The van der Waals surface area contributed by atoms with Crippen molar-refractivity contribution in [2.75, 3.05) is 5.32 Å². The summed E-state index contributed by atoms with van der Waals surface area (Å²) in [6.45, 7) is 6.29. The zero-order chi connectivity index (χ0) is 13.3. The summed E-state index contributed by atoms with van der Waals surface area (Å²) in [5.74, 6) is 0. The molecule has 0 aliphatic carbocycles. The molecule has 18 heavy (non-hydrogen) atoms. The molecule has 0 amide bonds. The maximum atomic E-state index is 5.96. The van der Waals surface area contributed by atoms with Gasteiger partial charge < -0.3 is 5.32 Å². The van der Waals surface area contributed by atoms with Crippen LogP contribution in [0.15, 0.2) is 18.2 Å². The van der Waals surface area contributed by atoms with Gasteiger partial charge in [0.25, 0.3) is 0 Å². The first-order valence-corrected chi connectivity index (χ1v) is 7.90. The summed E-state index contributed by atoms with van der Waals surface area (Å²) < 4.78 is 1.12. The Hall–Kier alpha value is -0.330. The van der Waals surface area contributed by atoms with E-state index in [2.05, 4.69) is 46.7 Å². The number of hydrogen-bond donors (Lipinski definition) is 1. The SMILES string of the molecule is Cc1nc(C(C)Nc2ccc(Cl)cc2I)c(C)s1. The first kappa shape index (κ1) is 14.1. The number of rotatable bonds is 3. The van der Waals surface area contributed by atoms with Gasteiger partial charge in [0.15, 0.2) is 0 Å². The van der Waals surface area contributed by atoms with Crippen LogP contribution >= 0.6 is 45.5 Å². The first-order valence-electron chi connectivity index (χ1n) is 5.63. The summed E-state index contributed by atoms with van der Waals surface area (Å²) in [4.78, 5) is 5.86. The number of halogens is 2. The Balaban J connectivity index is 2.21. The Labute approximate surface area is 130 Å². The van der Waals surface area contributed by atoms with Gasteiger partial charge >= 0.3 is 0 Å². The maximum Gasteiger partial charge on any atom is 0.0901 e. The molecule has 2 aromatic rings. The van der Waals surface area contributed by atoms with Crippen LogP contribution in [0.25, 0.3) is 0 Å². The fraction of sp³-hybridized carbons (Fsp3) is 0.308. The Morgan fingerprint density at radius 3 is 2.67 bits per heavy atom. The van der Waals surface area contributed by atoms with E-state index in [1.807, 2.05) is 25.1 Å². The van der Waals surface area contributed by atoms with E-state index in [-0.39, 0.29) is 6.04 Å². The van der Waals surface area contributed by atoms with E-state index >= 15 is 0 Å². The van der Waals surface area contributed by atoms with Gasteiger partial charge in [-0.05, 0) is 61.6 Å². The average molecular weight is 393 g/mol. The van der Waals surface area contributed by atoms with Crippen molar-refractivity contribution in [1.29, 1.82) is 0 Å². The van der Waals surface area contributed by atoms with Crippen LogP contribution in [0.4, 0.5) is 5.69 Å². The number of nitrogens with one attached hydrogen (secondary N) is 1. The summed E-state index contributed by atoms with van der Waals surface area (Å²) in [5.41, 5.74) is 2.22. The van der Waals surface area contributed by atoms with Crippen molar-refractivity contribution in [2.24, 2.45) is 0 Å². The minimum Gasteiger partial charge on any atom is -0.376 e. The normalized spacial score (nSPS) is 12.5. The summed E-state index contributed by atoms with van der Waals surface area (Å²) >= 11 is 9.98. The molecular weight excluding hydrogens is 379 g/mol. The molecule has 1 atom stereocenters. The van der Waals surface area contributed by atoms with Crippen LogP contribution in [0, 0.1) is 17.4 Å². The number of benzene rings is 1. The van der Waals surface area contributed by atoms with Crippen molar-refractivity contribution in [3.05, 3.63) is 42.4 Å². The van der Waals surface area contributed by atoms with E-state index in [1.54, 1.807) is 11.3 Å². The second-order valence-corrected chi connectivity index (χ2v) is 7.17. The number of aryl methyl sites for hydroxylation is 2. The van der Waals surface area contributed by atoms with Crippen LogP contribution in [-0.2, 0) is 0 Å². The molecule has 1 heterocycles. The molecule has 0 saturated carbocycles. The molecule has 2 rings (SSSR count). The molecule has 2 nitrogen and oxygen atoms in total. The quantitative estimate of drug-likeness (QED) is 0.727. The topological polar surface area (TPSA) is 24.9 Å². The van der Waals surface area contributed by atoms with E-state index in [4.69, 9.17) is 11.6 Å². The maximum absolute atomic E-state index is 5.96. The fourth-order valence-electron chi connectivity index (χ4n) is 1.85. The van der Waals surface area contributed by atoms with E-state index in [9.17, 15) is 0 Å². The standard InChI is InChI=1S/C13H14ClIN2S/c1-7(13-8(2)18-9(3)17-13)16-12-5-4-10(14)6-11(12)15/h4-7,16H,1-3H3. The number of nitrogens with zero attached hydrogens (tertiary/aromatic N) is 1. The molecule has 0 radical (unpaired) electrons. The van der Waals surface area contributed by atoms with Crippen molar-refractivity contribution in [1.82, 2.24) is 4.98 Å². The minimum absolute atomic E-state index is 0.199. The zero-order valence-electron chi connectivity index (χ0n) is 10.4. The molecule has 1 N–H and O–H groups in total. The van der Waals surface area contributed by atoms with Crippen molar-refractivity contribution >= 4 is 51.2 Å². The lowest BCUT2D eigenvalue weighted by atomic mass is 10.2. The summed E-state index contributed by atoms with van der Waals surface area (Å²) in [5, 5.41) is 5.36. The van der Waals surface area contributed by atoms with Crippen molar-refractivity contribution in [3.63, 3.8) is 0 Å². The van der Waals surface area contributed by atoms with Crippen molar-refractivity contribution in [2.45, 2.75) is 26.8 Å². The highest BCUT2D eigenvalue weighted by molar-refractivity contribution is 14.1. The van der Waals surface area contributed by atoms with E-state index in [0.717, 1.165) is 25.0 Å². The molecule has 0 fully saturated rings. The van der Waals surface area contributed by atoms with Crippen molar-refractivity contribution < 1.29 is 0 Å². The van der Waals surface area contributed by atoms with Gasteiger partial charge in [0.05, 0.1) is 16.7 Å². The molecule has 0 bridgehead atoms. The van der Waals surface area contributed by atoms with Gasteiger partial charge in [-0.25, -0.2) is 4.98 Å². The van der Waals surface area contributed by atoms with Crippen LogP contribution in [0.3, 0.4) is 0 Å². The number of thiazole rings is 1. The van der Waals surface area contributed by atoms with Crippen LogP contribution in [0.1, 0.15) is 28.5 Å². The average Bonchev–Trinajstić information content (AvgIpc) is 2.62. The Morgan fingerprint density at radius 2 is 2.11 bits per heavy atom. The third kappa shape index (κ3) is 3.16. The first-order chi connectivity index (χ1) is 8.47. The van der Waals surface area contributed by atoms with E-state index < -0.39 is 0 Å². The van der Waals surface area contributed by atoms with Gasteiger partial charge in [-0.15, -0.1) is 11.3 Å².